The van der Waals surface area contributed by atoms with Crippen LogP contribution in [-0.2, 0) is 14.3 Å². The van der Waals surface area contributed by atoms with Gasteiger partial charge in [-0.1, -0.05) is 44.1 Å². The molecule has 2 aliphatic carbocycles. The van der Waals surface area contributed by atoms with Crippen LogP contribution in [0.3, 0.4) is 0 Å². The van der Waals surface area contributed by atoms with Crippen molar-refractivity contribution in [2.24, 2.45) is 28.9 Å². The Hall–Kier alpha value is -1.62. The molecule has 0 spiro atoms. The number of nitrogens with two attached hydrogens (primary N) is 1. The minimum atomic E-state index is -0.612. The number of hydrogen-bond donors (Lipinski definition) is 2. The molecule has 0 aromatic carbocycles. The van der Waals surface area contributed by atoms with Crippen molar-refractivity contribution in [2.45, 2.75) is 64.4 Å². The second kappa shape index (κ2) is 9.36. The lowest BCUT2D eigenvalue weighted by molar-refractivity contribution is -0.140. The average Bonchev–Trinajstić information content (AvgIpc) is 3.18. The van der Waals surface area contributed by atoms with E-state index in [2.05, 4.69) is 29.9 Å². The molecule has 3 N–H and O–H groups in total. The molecule has 0 aromatic rings. The minimum absolute atomic E-state index is 0.0319. The number of fused-ring (bicyclic) bond motifs is 2. The van der Waals surface area contributed by atoms with Gasteiger partial charge in [-0.3, -0.25) is 9.59 Å². The van der Waals surface area contributed by atoms with E-state index < -0.39 is 5.41 Å². The van der Waals surface area contributed by atoms with Gasteiger partial charge in [-0.05, 0) is 49.9 Å². The van der Waals surface area contributed by atoms with E-state index in [1.54, 1.807) is 0 Å². The number of rotatable bonds is 11. The van der Waals surface area contributed by atoms with Crippen LogP contribution < -0.4 is 5.73 Å². The standard InChI is InChI=1S/C21H33NO4/c1-3-4-8-16(23)13-17-15-11-12-21(14-15,20(22)25)18(17)9-6-5-7-10-19(24)26-2/h6,9,11-12,15-18,23H,3-5,7-8,10,13-14H2,1-2H3,(H2,22,25). The number of esters is 1. The number of primary amides is 1. The molecule has 146 valence electrons. The Morgan fingerprint density at radius 2 is 2.19 bits per heavy atom. The van der Waals surface area contributed by atoms with Crippen LogP contribution >= 0.6 is 0 Å². The summed E-state index contributed by atoms with van der Waals surface area (Å²) in [6.07, 6.45) is 14.2. The predicted molar refractivity (Wildman–Crippen MR) is 101 cm³/mol. The molecule has 1 fully saturated rings. The summed E-state index contributed by atoms with van der Waals surface area (Å²) in [5.74, 6) is 0.113. The van der Waals surface area contributed by atoms with Gasteiger partial charge in [0.15, 0.2) is 0 Å². The maximum absolute atomic E-state index is 12.2. The van der Waals surface area contributed by atoms with E-state index in [0.717, 1.165) is 38.5 Å². The second-order valence-electron chi connectivity index (χ2n) is 7.75. The Morgan fingerprint density at radius 3 is 2.85 bits per heavy atom. The van der Waals surface area contributed by atoms with E-state index >= 15 is 0 Å². The SMILES string of the molecule is CCCCC(O)CC1C2C=CC(C(N)=O)(C2)C1C=CCCCC(=O)OC. The molecule has 0 heterocycles. The molecule has 0 aliphatic heterocycles. The summed E-state index contributed by atoms with van der Waals surface area (Å²) in [5.41, 5.74) is 5.16. The highest BCUT2D eigenvalue weighted by Crippen LogP contribution is 2.58. The number of amides is 1. The molecule has 1 amide bonds. The zero-order valence-corrected chi connectivity index (χ0v) is 16.0. The van der Waals surface area contributed by atoms with E-state index in [4.69, 9.17) is 5.73 Å². The van der Waals surface area contributed by atoms with E-state index in [1.165, 1.54) is 7.11 Å². The zero-order valence-electron chi connectivity index (χ0n) is 16.0. The third kappa shape index (κ3) is 4.56. The fraction of sp³-hybridized carbons (Fsp3) is 0.714. The van der Waals surface area contributed by atoms with Gasteiger partial charge in [0.1, 0.15) is 0 Å². The van der Waals surface area contributed by atoms with Crippen molar-refractivity contribution >= 4 is 11.9 Å². The van der Waals surface area contributed by atoms with E-state index in [1.807, 2.05) is 6.08 Å². The van der Waals surface area contributed by atoms with Gasteiger partial charge < -0.3 is 15.6 Å². The smallest absolute Gasteiger partial charge is 0.305 e. The highest BCUT2D eigenvalue weighted by molar-refractivity contribution is 5.85. The van der Waals surface area contributed by atoms with Crippen LogP contribution in [0.4, 0.5) is 0 Å². The van der Waals surface area contributed by atoms with Crippen LogP contribution in [0.15, 0.2) is 24.3 Å². The van der Waals surface area contributed by atoms with Crippen molar-refractivity contribution in [3.63, 3.8) is 0 Å². The van der Waals surface area contributed by atoms with Gasteiger partial charge in [-0.2, -0.15) is 0 Å². The minimum Gasteiger partial charge on any atom is -0.469 e. The number of unbranched alkanes of at least 4 members (excludes halogenated alkanes) is 2. The lowest BCUT2D eigenvalue weighted by Gasteiger charge is -2.33. The molecule has 26 heavy (non-hydrogen) atoms. The highest BCUT2D eigenvalue weighted by Gasteiger charge is 2.57. The second-order valence-corrected chi connectivity index (χ2v) is 7.75. The van der Waals surface area contributed by atoms with Crippen LogP contribution in [0.25, 0.3) is 0 Å². The Bertz CT molecular complexity index is 556. The van der Waals surface area contributed by atoms with Crippen molar-refractivity contribution in [1.29, 1.82) is 0 Å². The number of carbonyl (C=O) groups excluding carboxylic acids is 2. The molecule has 2 bridgehead atoms. The molecule has 0 radical (unpaired) electrons. The molecule has 1 saturated carbocycles. The number of methoxy groups -OCH3 is 1. The normalized spacial score (nSPS) is 30.8. The maximum atomic E-state index is 12.2. The Labute approximate surface area is 156 Å². The maximum Gasteiger partial charge on any atom is 0.305 e. The molecule has 5 nitrogen and oxygen atoms in total. The molecule has 5 atom stereocenters. The molecular formula is C21H33NO4. The van der Waals surface area contributed by atoms with Crippen molar-refractivity contribution < 1.29 is 19.4 Å². The van der Waals surface area contributed by atoms with Gasteiger partial charge in [-0.25, -0.2) is 0 Å². The molecule has 5 unspecified atom stereocenters. The van der Waals surface area contributed by atoms with E-state index in [9.17, 15) is 14.7 Å². The first-order chi connectivity index (χ1) is 12.4. The van der Waals surface area contributed by atoms with Gasteiger partial charge in [0.25, 0.3) is 0 Å². The first-order valence-corrected chi connectivity index (χ1v) is 9.85. The van der Waals surface area contributed by atoms with Gasteiger partial charge in [0, 0.05) is 6.42 Å². The Morgan fingerprint density at radius 1 is 1.42 bits per heavy atom. The third-order valence-corrected chi connectivity index (χ3v) is 6.04. The number of allylic oxidation sites excluding steroid dienone is 3. The molecule has 2 rings (SSSR count). The fourth-order valence-corrected chi connectivity index (χ4v) is 4.57. The van der Waals surface area contributed by atoms with Crippen LogP contribution in [-0.4, -0.2) is 30.2 Å². The fourth-order valence-electron chi connectivity index (χ4n) is 4.57. The van der Waals surface area contributed by atoms with Crippen LogP contribution in [0.5, 0.6) is 0 Å². The van der Waals surface area contributed by atoms with Crippen LogP contribution in [0.1, 0.15) is 58.3 Å². The van der Waals surface area contributed by atoms with Crippen LogP contribution in [0, 0.1) is 23.2 Å². The summed E-state index contributed by atoms with van der Waals surface area (Å²) >= 11 is 0. The molecular weight excluding hydrogens is 330 g/mol. The monoisotopic (exact) mass is 363 g/mol. The first kappa shape index (κ1) is 20.7. The number of hydrogen-bond acceptors (Lipinski definition) is 4. The van der Waals surface area contributed by atoms with E-state index in [0.29, 0.717) is 18.8 Å². The number of aliphatic hydroxyl groups excluding tert-OH is 1. The lowest BCUT2D eigenvalue weighted by atomic mass is 9.71. The summed E-state index contributed by atoms with van der Waals surface area (Å²) < 4.78 is 4.65. The van der Waals surface area contributed by atoms with Gasteiger partial charge in [-0.15, -0.1) is 0 Å². The van der Waals surface area contributed by atoms with Crippen molar-refractivity contribution in [3.8, 4) is 0 Å². The third-order valence-electron chi connectivity index (χ3n) is 6.04. The summed E-state index contributed by atoms with van der Waals surface area (Å²) in [5, 5.41) is 10.4. The summed E-state index contributed by atoms with van der Waals surface area (Å²) in [7, 11) is 1.39. The van der Waals surface area contributed by atoms with Crippen molar-refractivity contribution in [2.75, 3.05) is 7.11 Å². The van der Waals surface area contributed by atoms with Crippen molar-refractivity contribution in [3.05, 3.63) is 24.3 Å². The lowest BCUT2D eigenvalue weighted by Crippen LogP contribution is -2.40. The quantitative estimate of drug-likeness (QED) is 0.335. The number of aliphatic hydroxyl groups is 1. The molecule has 2 aliphatic rings. The van der Waals surface area contributed by atoms with Gasteiger partial charge in [0.2, 0.25) is 5.91 Å². The zero-order chi connectivity index (χ0) is 19.2. The van der Waals surface area contributed by atoms with Crippen LogP contribution in [0.2, 0.25) is 0 Å². The molecule has 0 aromatic heterocycles. The largest absolute Gasteiger partial charge is 0.469 e. The summed E-state index contributed by atoms with van der Waals surface area (Å²) in [6, 6.07) is 0. The predicted octanol–water partition coefficient (Wildman–Crippen LogP) is 3.12. The van der Waals surface area contributed by atoms with Crippen molar-refractivity contribution in [1.82, 2.24) is 0 Å². The molecule has 0 saturated heterocycles. The van der Waals surface area contributed by atoms with Gasteiger partial charge in [0.05, 0.1) is 18.6 Å². The highest BCUT2D eigenvalue weighted by atomic mass is 16.5. The number of ether oxygens (including phenoxy) is 1. The number of carbonyl (C=O) groups is 2. The Kier molecular flexibility index (Phi) is 7.44. The first-order valence-electron chi connectivity index (χ1n) is 9.85. The van der Waals surface area contributed by atoms with Gasteiger partial charge >= 0.3 is 5.97 Å². The van der Waals surface area contributed by atoms with E-state index in [-0.39, 0.29) is 29.8 Å². The topological polar surface area (TPSA) is 89.6 Å². The summed E-state index contributed by atoms with van der Waals surface area (Å²) in [6.45, 7) is 2.12. The molecule has 5 heteroatoms. The summed E-state index contributed by atoms with van der Waals surface area (Å²) in [4.78, 5) is 23.4. The average molecular weight is 363 g/mol. The Balaban J connectivity index is 2.03.